The predicted octanol–water partition coefficient (Wildman–Crippen LogP) is 5.48. The highest BCUT2D eigenvalue weighted by Crippen LogP contribution is 2.37. The molecule has 0 aliphatic carbocycles. The van der Waals surface area contributed by atoms with Crippen molar-refractivity contribution in [3.63, 3.8) is 0 Å². The van der Waals surface area contributed by atoms with E-state index in [2.05, 4.69) is 10.3 Å². The largest absolute Gasteiger partial charge is 0.478 e. The quantitative estimate of drug-likeness (QED) is 0.513. The number of hydrogen-bond acceptors (Lipinski definition) is 4. The van der Waals surface area contributed by atoms with E-state index in [9.17, 15) is 31.9 Å². The zero-order valence-electron chi connectivity index (χ0n) is 15.0. The highest BCUT2D eigenvalue weighted by molar-refractivity contribution is 5.94. The zero-order chi connectivity index (χ0) is 21.9. The van der Waals surface area contributed by atoms with Gasteiger partial charge >= 0.3 is 12.1 Å². The lowest BCUT2D eigenvalue weighted by molar-refractivity contribution is -0.142. The normalized spacial score (nSPS) is 11.2. The van der Waals surface area contributed by atoms with E-state index in [4.69, 9.17) is 4.74 Å². The summed E-state index contributed by atoms with van der Waals surface area (Å²) in [5.41, 5.74) is -1.40. The van der Waals surface area contributed by atoms with E-state index in [0.717, 1.165) is 24.4 Å². The van der Waals surface area contributed by atoms with Crippen molar-refractivity contribution >= 4 is 11.7 Å². The molecule has 1 aromatic heterocycles. The van der Waals surface area contributed by atoms with Crippen LogP contribution in [-0.4, -0.2) is 16.1 Å². The number of carboxylic acids is 1. The summed E-state index contributed by atoms with van der Waals surface area (Å²) in [5, 5.41) is 12.1. The van der Waals surface area contributed by atoms with Crippen LogP contribution < -0.4 is 10.1 Å². The second kappa shape index (κ2) is 8.36. The fraction of sp³-hybridized carbons (Fsp3) is 0.100. The van der Waals surface area contributed by atoms with Crippen molar-refractivity contribution in [1.82, 2.24) is 4.98 Å². The molecule has 0 fully saturated rings. The van der Waals surface area contributed by atoms with Gasteiger partial charge in [0.15, 0.2) is 11.4 Å². The number of carboxylic acid groups (broad SMARTS) is 1. The van der Waals surface area contributed by atoms with E-state index < -0.39 is 35.2 Å². The molecule has 0 saturated heterocycles. The topological polar surface area (TPSA) is 71.5 Å². The van der Waals surface area contributed by atoms with Gasteiger partial charge in [-0.2, -0.15) is 13.2 Å². The van der Waals surface area contributed by atoms with Gasteiger partial charge in [0.25, 0.3) is 0 Å². The molecule has 2 aromatic carbocycles. The van der Waals surface area contributed by atoms with E-state index in [1.165, 1.54) is 24.3 Å². The minimum atomic E-state index is -4.76. The third kappa shape index (κ3) is 4.83. The number of alkyl halides is 3. The van der Waals surface area contributed by atoms with E-state index in [1.54, 1.807) is 0 Å². The van der Waals surface area contributed by atoms with Gasteiger partial charge in [0.05, 0.1) is 5.56 Å². The van der Waals surface area contributed by atoms with Gasteiger partial charge in [0.1, 0.15) is 17.4 Å². The molecule has 1 heterocycles. The van der Waals surface area contributed by atoms with Crippen LogP contribution in [0.25, 0.3) is 0 Å². The first-order chi connectivity index (χ1) is 14.1. The number of pyridine rings is 1. The van der Waals surface area contributed by atoms with Crippen LogP contribution in [0.15, 0.2) is 54.7 Å². The Hall–Kier alpha value is -3.69. The van der Waals surface area contributed by atoms with Gasteiger partial charge in [-0.25, -0.2) is 18.6 Å². The molecule has 3 aromatic rings. The highest BCUT2D eigenvalue weighted by atomic mass is 19.4. The molecule has 0 aliphatic heterocycles. The molecular weight excluding hydrogens is 411 g/mol. The Bertz CT molecular complexity index is 1090. The SMILES string of the molecule is O=C(O)c1cc(Oc2cccnc2C(F)(F)F)ccc1NCc1ccc(F)cc1F. The number of nitrogens with zero attached hydrogens (tertiary/aromatic N) is 1. The third-order valence-corrected chi connectivity index (χ3v) is 3.97. The maximum Gasteiger partial charge on any atom is 0.437 e. The molecule has 3 rings (SSSR count). The van der Waals surface area contributed by atoms with E-state index in [-0.39, 0.29) is 29.1 Å². The smallest absolute Gasteiger partial charge is 0.437 e. The van der Waals surface area contributed by atoms with Crippen molar-refractivity contribution in [3.8, 4) is 11.5 Å². The molecule has 0 aliphatic rings. The van der Waals surface area contributed by atoms with Crippen LogP contribution in [0.5, 0.6) is 11.5 Å². The van der Waals surface area contributed by atoms with Crippen molar-refractivity contribution in [1.29, 1.82) is 0 Å². The van der Waals surface area contributed by atoms with Crippen LogP contribution in [-0.2, 0) is 12.7 Å². The number of benzene rings is 2. The summed E-state index contributed by atoms with van der Waals surface area (Å²) >= 11 is 0. The molecule has 2 N–H and O–H groups in total. The Labute approximate surface area is 166 Å². The first kappa shape index (κ1) is 21.0. The van der Waals surface area contributed by atoms with E-state index in [0.29, 0.717) is 6.07 Å². The number of aromatic nitrogens is 1. The number of rotatable bonds is 6. The fourth-order valence-corrected chi connectivity index (χ4v) is 2.59. The molecule has 0 radical (unpaired) electrons. The van der Waals surface area contributed by atoms with Crippen molar-refractivity contribution in [2.24, 2.45) is 0 Å². The van der Waals surface area contributed by atoms with E-state index in [1.807, 2.05) is 0 Å². The van der Waals surface area contributed by atoms with E-state index >= 15 is 0 Å². The third-order valence-electron chi connectivity index (χ3n) is 3.97. The van der Waals surface area contributed by atoms with Crippen LogP contribution in [0.1, 0.15) is 21.6 Å². The molecule has 156 valence electrons. The highest BCUT2D eigenvalue weighted by Gasteiger charge is 2.36. The summed E-state index contributed by atoms with van der Waals surface area (Å²) in [6.07, 6.45) is -3.80. The molecule has 0 unspecified atom stereocenters. The number of aromatic carboxylic acids is 1. The molecular formula is C20H13F5N2O3. The zero-order valence-corrected chi connectivity index (χ0v) is 15.0. The Morgan fingerprint density at radius 2 is 1.87 bits per heavy atom. The molecule has 0 saturated carbocycles. The summed E-state index contributed by atoms with van der Waals surface area (Å²) in [6.45, 7) is -0.145. The Kier molecular flexibility index (Phi) is 5.86. The summed E-state index contributed by atoms with van der Waals surface area (Å²) in [5.74, 6) is -3.70. The minimum absolute atomic E-state index is 0.0702. The first-order valence-electron chi connectivity index (χ1n) is 8.40. The van der Waals surface area contributed by atoms with Crippen LogP contribution >= 0.6 is 0 Å². The monoisotopic (exact) mass is 424 g/mol. The number of halogens is 5. The maximum atomic E-state index is 13.7. The second-order valence-corrected chi connectivity index (χ2v) is 6.05. The van der Waals surface area contributed by atoms with Gasteiger partial charge in [-0.3, -0.25) is 0 Å². The van der Waals surface area contributed by atoms with Crippen LogP contribution in [0.2, 0.25) is 0 Å². The lowest BCUT2D eigenvalue weighted by atomic mass is 10.1. The summed E-state index contributed by atoms with van der Waals surface area (Å²) in [7, 11) is 0. The predicted molar refractivity (Wildman–Crippen MR) is 96.4 cm³/mol. The Balaban J connectivity index is 1.85. The second-order valence-electron chi connectivity index (χ2n) is 6.05. The number of hydrogen-bond donors (Lipinski definition) is 2. The molecule has 30 heavy (non-hydrogen) atoms. The van der Waals surface area contributed by atoms with Gasteiger partial charge < -0.3 is 15.2 Å². The standard InChI is InChI=1S/C20H13F5N2O3/c21-12-4-3-11(15(22)8-12)10-27-16-6-5-13(9-14(16)19(28)29)30-17-2-1-7-26-18(17)20(23,24)25/h1-9,27H,10H2,(H,28,29). The number of anilines is 1. The fourth-order valence-electron chi connectivity index (χ4n) is 2.59. The van der Waals surface area contributed by atoms with Gasteiger partial charge in [0.2, 0.25) is 0 Å². The van der Waals surface area contributed by atoms with Gasteiger partial charge in [-0.05, 0) is 36.4 Å². The Morgan fingerprint density at radius 1 is 1.10 bits per heavy atom. The summed E-state index contributed by atoms with van der Waals surface area (Å²) in [6, 6.07) is 8.80. The van der Waals surface area contributed by atoms with Gasteiger partial charge in [-0.15, -0.1) is 0 Å². The maximum absolute atomic E-state index is 13.7. The summed E-state index contributed by atoms with van der Waals surface area (Å²) < 4.78 is 71.0. The molecule has 10 heteroatoms. The molecule has 5 nitrogen and oxygen atoms in total. The minimum Gasteiger partial charge on any atom is -0.478 e. The van der Waals surface area contributed by atoms with Crippen LogP contribution in [0.4, 0.5) is 27.6 Å². The number of ether oxygens (including phenoxy) is 1. The average Bonchev–Trinajstić information content (AvgIpc) is 2.67. The lowest BCUT2D eigenvalue weighted by Gasteiger charge is -2.14. The number of nitrogens with one attached hydrogen (secondary N) is 1. The number of carbonyl (C=O) groups is 1. The van der Waals surface area contributed by atoms with Crippen LogP contribution in [0, 0.1) is 11.6 Å². The van der Waals surface area contributed by atoms with Crippen molar-refractivity contribution in [2.45, 2.75) is 12.7 Å². The first-order valence-corrected chi connectivity index (χ1v) is 8.40. The molecule has 0 amide bonds. The molecule has 0 atom stereocenters. The van der Waals surface area contributed by atoms with Crippen molar-refractivity contribution in [3.05, 3.63) is 83.2 Å². The van der Waals surface area contributed by atoms with Crippen LogP contribution in [0.3, 0.4) is 0 Å². The average molecular weight is 424 g/mol. The molecule has 0 spiro atoms. The summed E-state index contributed by atoms with van der Waals surface area (Å²) in [4.78, 5) is 14.8. The molecule has 0 bridgehead atoms. The van der Waals surface area contributed by atoms with Gasteiger partial charge in [0, 0.05) is 30.1 Å². The lowest BCUT2D eigenvalue weighted by Crippen LogP contribution is -2.10. The Morgan fingerprint density at radius 3 is 2.53 bits per heavy atom. The van der Waals surface area contributed by atoms with Gasteiger partial charge in [-0.1, -0.05) is 6.07 Å². The van der Waals surface area contributed by atoms with Crippen molar-refractivity contribution < 1.29 is 36.6 Å². The van der Waals surface area contributed by atoms with Crippen molar-refractivity contribution in [2.75, 3.05) is 5.32 Å².